The molecule has 1 aliphatic heterocycles. The summed E-state index contributed by atoms with van der Waals surface area (Å²) in [6.07, 6.45) is -1.73. The number of hydrogen-bond donors (Lipinski definition) is 1. The fourth-order valence-electron chi connectivity index (χ4n) is 2.37. The van der Waals surface area contributed by atoms with Gasteiger partial charge in [0.15, 0.2) is 9.84 Å². The maximum atomic E-state index is 12.7. The van der Waals surface area contributed by atoms with Crippen molar-refractivity contribution in [1.29, 1.82) is 0 Å². The first kappa shape index (κ1) is 18.8. The van der Waals surface area contributed by atoms with E-state index < -0.39 is 32.5 Å². The van der Waals surface area contributed by atoms with Gasteiger partial charge >= 0.3 is 6.18 Å². The van der Waals surface area contributed by atoms with E-state index in [1.165, 1.54) is 12.1 Å². The van der Waals surface area contributed by atoms with Crippen LogP contribution in [0.3, 0.4) is 0 Å². The Balaban J connectivity index is 1.94. The van der Waals surface area contributed by atoms with Gasteiger partial charge in [-0.3, -0.25) is 4.79 Å². The van der Waals surface area contributed by atoms with Crippen LogP contribution in [0.25, 0.3) is 6.08 Å². The number of carbonyl (C=O) groups excluding carboxylic acids is 1. The van der Waals surface area contributed by atoms with Gasteiger partial charge in [0.2, 0.25) is 5.91 Å². The van der Waals surface area contributed by atoms with Gasteiger partial charge in [-0.15, -0.1) is 0 Å². The summed E-state index contributed by atoms with van der Waals surface area (Å²) in [5.74, 6) is -0.458. The second kappa shape index (κ2) is 7.14. The summed E-state index contributed by atoms with van der Waals surface area (Å²) in [6.45, 7) is 0.219. The van der Waals surface area contributed by atoms with Crippen molar-refractivity contribution in [3.63, 3.8) is 0 Å². The zero-order chi connectivity index (χ0) is 18.0. The van der Waals surface area contributed by atoms with Crippen molar-refractivity contribution in [2.75, 3.05) is 18.1 Å². The van der Waals surface area contributed by atoms with Crippen LogP contribution in [0.4, 0.5) is 13.2 Å². The van der Waals surface area contributed by atoms with Crippen molar-refractivity contribution in [2.24, 2.45) is 5.92 Å². The highest BCUT2D eigenvalue weighted by molar-refractivity contribution is 7.91. The summed E-state index contributed by atoms with van der Waals surface area (Å²) in [5, 5.41) is 2.14. The Labute approximate surface area is 142 Å². The Hall–Kier alpha value is -1.54. The Morgan fingerprint density at radius 1 is 1.38 bits per heavy atom. The lowest BCUT2D eigenvalue weighted by molar-refractivity contribution is -0.137. The normalized spacial score (nSPS) is 20.4. The summed E-state index contributed by atoms with van der Waals surface area (Å²) in [7, 11) is -3.01. The summed E-state index contributed by atoms with van der Waals surface area (Å²) in [6, 6.07) is 3.34. The molecule has 132 valence electrons. The zero-order valence-electron chi connectivity index (χ0n) is 12.4. The third kappa shape index (κ3) is 5.24. The molecule has 0 saturated carbocycles. The van der Waals surface area contributed by atoms with Gasteiger partial charge in [-0.2, -0.15) is 13.2 Å². The molecule has 2 rings (SSSR count). The molecule has 1 atom stereocenters. The minimum Gasteiger partial charge on any atom is -0.352 e. The molecule has 1 heterocycles. The lowest BCUT2D eigenvalue weighted by Crippen LogP contribution is -2.28. The van der Waals surface area contributed by atoms with Crippen molar-refractivity contribution in [3.8, 4) is 0 Å². The van der Waals surface area contributed by atoms with Crippen molar-refractivity contribution in [2.45, 2.75) is 12.6 Å². The van der Waals surface area contributed by atoms with E-state index >= 15 is 0 Å². The van der Waals surface area contributed by atoms with Crippen LogP contribution in [0, 0.1) is 5.92 Å². The molecule has 1 amide bonds. The molecule has 0 aromatic heterocycles. The highest BCUT2D eigenvalue weighted by Gasteiger charge is 2.33. The molecule has 1 N–H and O–H groups in total. The highest BCUT2D eigenvalue weighted by Crippen LogP contribution is 2.35. The standard InChI is InChI=1S/C15H15ClF3NO3S/c16-13-3-1-10(7-12(13)15(17,18)19)2-4-14(21)20-8-11-5-6-24(22,23)9-11/h1-4,7,11H,5-6,8-9H2,(H,20,21)/b4-2-/t11-/m0/s1. The van der Waals surface area contributed by atoms with Crippen LogP contribution in [0.1, 0.15) is 17.5 Å². The molecule has 1 aromatic carbocycles. The predicted octanol–water partition coefficient (Wildman–Crippen LogP) is 2.92. The quantitative estimate of drug-likeness (QED) is 0.816. The molecule has 9 heteroatoms. The smallest absolute Gasteiger partial charge is 0.352 e. The highest BCUT2D eigenvalue weighted by atomic mass is 35.5. The lowest BCUT2D eigenvalue weighted by Gasteiger charge is -2.09. The summed E-state index contributed by atoms with van der Waals surface area (Å²) in [5.41, 5.74) is -0.784. The summed E-state index contributed by atoms with van der Waals surface area (Å²) >= 11 is 5.52. The minimum atomic E-state index is -4.57. The fraction of sp³-hybridized carbons (Fsp3) is 0.400. The van der Waals surface area contributed by atoms with E-state index in [1.807, 2.05) is 0 Å². The minimum absolute atomic E-state index is 0.0448. The van der Waals surface area contributed by atoms with E-state index in [1.54, 1.807) is 0 Å². The molecule has 24 heavy (non-hydrogen) atoms. The number of sulfone groups is 1. The molecular weight excluding hydrogens is 367 g/mol. The predicted molar refractivity (Wildman–Crippen MR) is 85.3 cm³/mol. The Kier molecular flexibility index (Phi) is 5.59. The summed E-state index contributed by atoms with van der Waals surface area (Å²) < 4.78 is 60.9. The van der Waals surface area contributed by atoms with Crippen LogP contribution in [-0.2, 0) is 20.8 Å². The molecule has 4 nitrogen and oxygen atoms in total. The second-order valence-corrected chi connectivity index (χ2v) is 8.22. The van der Waals surface area contributed by atoms with Crippen LogP contribution in [0.15, 0.2) is 24.3 Å². The summed E-state index contributed by atoms with van der Waals surface area (Å²) in [4.78, 5) is 11.7. The topological polar surface area (TPSA) is 63.2 Å². The molecule has 0 radical (unpaired) electrons. The van der Waals surface area contributed by atoms with Gasteiger partial charge < -0.3 is 5.32 Å². The van der Waals surface area contributed by atoms with E-state index in [-0.39, 0.29) is 29.5 Å². The molecular formula is C15H15ClF3NO3S. The van der Waals surface area contributed by atoms with E-state index in [2.05, 4.69) is 5.32 Å². The molecule has 1 aliphatic rings. The van der Waals surface area contributed by atoms with Gasteiger partial charge in [-0.25, -0.2) is 8.42 Å². The number of nitrogens with one attached hydrogen (secondary N) is 1. The van der Waals surface area contributed by atoms with Gasteiger partial charge in [-0.1, -0.05) is 17.7 Å². The lowest BCUT2D eigenvalue weighted by atomic mass is 10.1. The molecule has 0 aliphatic carbocycles. The van der Waals surface area contributed by atoms with Crippen molar-refractivity contribution in [3.05, 3.63) is 40.4 Å². The number of rotatable bonds is 4. The third-order valence-corrected chi connectivity index (χ3v) is 5.78. The number of amides is 1. The van der Waals surface area contributed by atoms with Gasteiger partial charge in [0.25, 0.3) is 0 Å². The first-order valence-electron chi connectivity index (χ1n) is 7.10. The average Bonchev–Trinajstić information content (AvgIpc) is 2.82. The van der Waals surface area contributed by atoms with Gasteiger partial charge in [0, 0.05) is 12.6 Å². The number of benzene rings is 1. The van der Waals surface area contributed by atoms with Gasteiger partial charge in [0.05, 0.1) is 22.1 Å². The Morgan fingerprint density at radius 3 is 2.67 bits per heavy atom. The number of alkyl halides is 3. The van der Waals surface area contributed by atoms with Crippen LogP contribution in [0.5, 0.6) is 0 Å². The molecule has 1 saturated heterocycles. The fourth-order valence-corrected chi connectivity index (χ4v) is 4.46. The first-order chi connectivity index (χ1) is 11.1. The van der Waals surface area contributed by atoms with Crippen molar-refractivity contribution < 1.29 is 26.4 Å². The SMILES string of the molecule is O=C(/C=C\c1ccc(Cl)c(C(F)(F)F)c1)NC[C@@H]1CCS(=O)(=O)C1. The average molecular weight is 382 g/mol. The van der Waals surface area contributed by atoms with Gasteiger partial charge in [-0.05, 0) is 36.1 Å². The maximum absolute atomic E-state index is 12.7. The van der Waals surface area contributed by atoms with Gasteiger partial charge in [0.1, 0.15) is 0 Å². The molecule has 0 bridgehead atoms. The zero-order valence-corrected chi connectivity index (χ0v) is 14.0. The molecule has 0 spiro atoms. The Bertz CT molecular complexity index is 760. The monoisotopic (exact) mass is 381 g/mol. The molecule has 1 aromatic rings. The number of halogens is 4. The van der Waals surface area contributed by atoms with Crippen LogP contribution >= 0.6 is 11.6 Å². The van der Waals surface area contributed by atoms with Crippen LogP contribution < -0.4 is 5.32 Å². The van der Waals surface area contributed by atoms with E-state index in [0.29, 0.717) is 6.42 Å². The van der Waals surface area contributed by atoms with Crippen molar-refractivity contribution >= 4 is 33.4 Å². The van der Waals surface area contributed by atoms with Crippen LogP contribution in [0.2, 0.25) is 5.02 Å². The van der Waals surface area contributed by atoms with E-state index in [9.17, 15) is 26.4 Å². The number of carbonyl (C=O) groups is 1. The Morgan fingerprint density at radius 2 is 2.08 bits per heavy atom. The van der Waals surface area contributed by atoms with E-state index in [0.717, 1.165) is 18.2 Å². The largest absolute Gasteiger partial charge is 0.417 e. The first-order valence-corrected chi connectivity index (χ1v) is 9.30. The second-order valence-electron chi connectivity index (χ2n) is 5.58. The maximum Gasteiger partial charge on any atom is 0.417 e. The van der Waals surface area contributed by atoms with Crippen molar-refractivity contribution in [1.82, 2.24) is 5.32 Å². The van der Waals surface area contributed by atoms with Crippen LogP contribution in [-0.4, -0.2) is 32.4 Å². The molecule has 0 unspecified atom stereocenters. The third-order valence-electron chi connectivity index (χ3n) is 3.61. The molecule has 1 fully saturated rings. The van der Waals surface area contributed by atoms with E-state index in [4.69, 9.17) is 11.6 Å². The number of hydrogen-bond acceptors (Lipinski definition) is 3.